The smallest absolute Gasteiger partial charge is 0.137 e. The number of rotatable bonds is 6. The number of ketones is 1. The van der Waals surface area contributed by atoms with Crippen LogP contribution >= 0.6 is 0 Å². The molecule has 0 radical (unpaired) electrons. The van der Waals surface area contributed by atoms with Crippen LogP contribution < -0.4 is 5.73 Å². The first-order valence-corrected chi connectivity index (χ1v) is 8.71. The van der Waals surface area contributed by atoms with Crippen LogP contribution in [0.15, 0.2) is 48.7 Å². The molecule has 1 aliphatic rings. The minimum absolute atomic E-state index is 0.153. The molecule has 0 saturated carbocycles. The number of carbonyl (C=O) groups is 1. The summed E-state index contributed by atoms with van der Waals surface area (Å²) in [6, 6.07) is 14.2. The highest BCUT2D eigenvalue weighted by Gasteiger charge is 2.25. The van der Waals surface area contributed by atoms with E-state index in [1.54, 1.807) is 6.20 Å². The summed E-state index contributed by atoms with van der Waals surface area (Å²) in [4.78, 5) is 19.1. The van der Waals surface area contributed by atoms with Gasteiger partial charge in [-0.15, -0.1) is 0 Å². The Morgan fingerprint density at radius 3 is 2.83 bits per heavy atom. The van der Waals surface area contributed by atoms with E-state index in [2.05, 4.69) is 22.0 Å². The fraction of sp³-hybridized carbons (Fsp3) is 0.400. The van der Waals surface area contributed by atoms with Gasteiger partial charge in [0, 0.05) is 37.2 Å². The van der Waals surface area contributed by atoms with Gasteiger partial charge < -0.3 is 5.73 Å². The first-order chi connectivity index (χ1) is 11.7. The van der Waals surface area contributed by atoms with Crippen LogP contribution in [-0.2, 0) is 17.8 Å². The fourth-order valence-electron chi connectivity index (χ4n) is 3.40. The molecule has 0 amide bonds. The Morgan fingerprint density at radius 2 is 2.04 bits per heavy atom. The molecule has 0 spiro atoms. The lowest BCUT2D eigenvalue weighted by Crippen LogP contribution is -2.38. The highest BCUT2D eigenvalue weighted by Crippen LogP contribution is 2.22. The number of nitrogens with zero attached hydrogens (tertiary/aromatic N) is 2. The highest BCUT2D eigenvalue weighted by atomic mass is 16.1. The van der Waals surface area contributed by atoms with Gasteiger partial charge in [0.05, 0.1) is 0 Å². The first kappa shape index (κ1) is 16.7. The summed E-state index contributed by atoms with van der Waals surface area (Å²) in [6.07, 6.45) is 5.27. The Bertz CT molecular complexity index is 672. The predicted molar refractivity (Wildman–Crippen MR) is 96.4 cm³/mol. The molecule has 1 aromatic carbocycles. The van der Waals surface area contributed by atoms with Crippen LogP contribution in [0.2, 0.25) is 0 Å². The number of aryl methyl sites for hydroxylation is 1. The number of anilines is 1. The molecule has 1 aromatic heterocycles. The lowest BCUT2D eigenvalue weighted by atomic mass is 9.90. The summed E-state index contributed by atoms with van der Waals surface area (Å²) in [7, 11) is 0. The molecule has 1 fully saturated rings. The van der Waals surface area contributed by atoms with E-state index < -0.39 is 0 Å². The molecule has 1 saturated heterocycles. The monoisotopic (exact) mass is 323 g/mol. The van der Waals surface area contributed by atoms with Crippen molar-refractivity contribution in [2.75, 3.05) is 18.8 Å². The number of carbonyl (C=O) groups excluding carboxylic acids is 1. The summed E-state index contributed by atoms with van der Waals surface area (Å²) in [5.41, 5.74) is 8.23. The van der Waals surface area contributed by atoms with Gasteiger partial charge in [0.15, 0.2) is 0 Å². The number of nitrogen functional groups attached to an aromatic ring is 1. The molecule has 24 heavy (non-hydrogen) atoms. The zero-order valence-electron chi connectivity index (χ0n) is 14.0. The lowest BCUT2D eigenvalue weighted by molar-refractivity contribution is -0.124. The van der Waals surface area contributed by atoms with Crippen LogP contribution in [0.25, 0.3) is 0 Å². The van der Waals surface area contributed by atoms with E-state index >= 15 is 0 Å². The van der Waals surface area contributed by atoms with Crippen molar-refractivity contribution >= 4 is 11.6 Å². The summed E-state index contributed by atoms with van der Waals surface area (Å²) >= 11 is 0. The zero-order chi connectivity index (χ0) is 16.8. The van der Waals surface area contributed by atoms with E-state index in [4.69, 9.17) is 5.73 Å². The van der Waals surface area contributed by atoms with Crippen LogP contribution in [0.3, 0.4) is 0 Å². The topological polar surface area (TPSA) is 59.2 Å². The molecule has 0 aliphatic carbocycles. The van der Waals surface area contributed by atoms with Gasteiger partial charge in [0.1, 0.15) is 11.6 Å². The van der Waals surface area contributed by atoms with E-state index in [0.29, 0.717) is 18.0 Å². The van der Waals surface area contributed by atoms with Gasteiger partial charge in [0.25, 0.3) is 0 Å². The van der Waals surface area contributed by atoms with Crippen molar-refractivity contribution in [2.24, 2.45) is 5.92 Å². The van der Waals surface area contributed by atoms with Gasteiger partial charge in [-0.25, -0.2) is 4.98 Å². The predicted octanol–water partition coefficient (Wildman–Crippen LogP) is 3.08. The summed E-state index contributed by atoms with van der Waals surface area (Å²) in [5.74, 6) is 1.14. The molecule has 0 unspecified atom stereocenters. The van der Waals surface area contributed by atoms with Crippen molar-refractivity contribution in [2.45, 2.75) is 32.2 Å². The molecule has 4 nitrogen and oxygen atoms in total. The van der Waals surface area contributed by atoms with Gasteiger partial charge in [-0.2, -0.15) is 0 Å². The molecule has 4 heteroatoms. The Labute approximate surface area is 143 Å². The SMILES string of the molecule is Nc1ncccc1CN1CCC[C@@H](C(=O)CCc2ccccc2)C1. The van der Waals surface area contributed by atoms with Gasteiger partial charge in [-0.05, 0) is 37.4 Å². The second kappa shape index (κ2) is 8.06. The second-order valence-electron chi connectivity index (χ2n) is 6.57. The van der Waals surface area contributed by atoms with Crippen molar-refractivity contribution in [3.63, 3.8) is 0 Å². The Balaban J connectivity index is 1.53. The Hall–Kier alpha value is -2.20. The molecule has 2 N–H and O–H groups in total. The molecule has 1 atom stereocenters. The van der Waals surface area contributed by atoms with Crippen molar-refractivity contribution in [3.05, 3.63) is 59.8 Å². The number of Topliss-reactive ketones (excluding diaryl/α,β-unsaturated/α-hetero) is 1. The quantitative estimate of drug-likeness (QED) is 0.887. The van der Waals surface area contributed by atoms with E-state index in [-0.39, 0.29) is 5.92 Å². The third kappa shape index (κ3) is 4.42. The zero-order valence-corrected chi connectivity index (χ0v) is 14.0. The number of pyridine rings is 1. The minimum Gasteiger partial charge on any atom is -0.383 e. The van der Waals surface area contributed by atoms with Crippen LogP contribution in [0.5, 0.6) is 0 Å². The largest absolute Gasteiger partial charge is 0.383 e. The number of hydrogen-bond acceptors (Lipinski definition) is 4. The normalized spacial score (nSPS) is 18.4. The van der Waals surface area contributed by atoms with E-state index in [1.165, 1.54) is 5.56 Å². The van der Waals surface area contributed by atoms with Gasteiger partial charge in [0.2, 0.25) is 0 Å². The fourth-order valence-corrected chi connectivity index (χ4v) is 3.40. The average Bonchev–Trinajstić information content (AvgIpc) is 2.63. The second-order valence-corrected chi connectivity index (χ2v) is 6.57. The standard InChI is InChI=1S/C20H25N3O/c21-20-18(8-4-12-22-20)15-23-13-5-9-17(14-23)19(24)11-10-16-6-2-1-3-7-16/h1-4,6-8,12,17H,5,9-11,13-15H2,(H2,21,22)/t17-/m1/s1. The Morgan fingerprint density at radius 1 is 1.21 bits per heavy atom. The summed E-state index contributed by atoms with van der Waals surface area (Å²) < 4.78 is 0. The van der Waals surface area contributed by atoms with Crippen LogP contribution in [0, 0.1) is 5.92 Å². The molecular weight excluding hydrogens is 298 g/mol. The van der Waals surface area contributed by atoms with Crippen molar-refractivity contribution in [1.29, 1.82) is 0 Å². The molecule has 3 rings (SSSR count). The highest BCUT2D eigenvalue weighted by molar-refractivity contribution is 5.81. The third-order valence-electron chi connectivity index (χ3n) is 4.78. The number of nitrogens with two attached hydrogens (primary N) is 1. The molecule has 2 heterocycles. The third-order valence-corrected chi connectivity index (χ3v) is 4.78. The first-order valence-electron chi connectivity index (χ1n) is 8.71. The van der Waals surface area contributed by atoms with Crippen molar-refractivity contribution in [1.82, 2.24) is 9.88 Å². The number of benzene rings is 1. The molecule has 1 aliphatic heterocycles. The minimum atomic E-state index is 0.153. The van der Waals surface area contributed by atoms with E-state index in [0.717, 1.165) is 44.5 Å². The van der Waals surface area contributed by atoms with Gasteiger partial charge in [-0.1, -0.05) is 36.4 Å². The number of aromatic nitrogens is 1. The number of likely N-dealkylation sites (tertiary alicyclic amines) is 1. The van der Waals surface area contributed by atoms with E-state index in [9.17, 15) is 4.79 Å². The maximum atomic E-state index is 12.6. The van der Waals surface area contributed by atoms with Gasteiger partial charge in [-0.3, -0.25) is 9.69 Å². The Kier molecular flexibility index (Phi) is 5.59. The van der Waals surface area contributed by atoms with Gasteiger partial charge >= 0.3 is 0 Å². The van der Waals surface area contributed by atoms with Crippen LogP contribution in [-0.4, -0.2) is 28.8 Å². The van der Waals surface area contributed by atoms with E-state index in [1.807, 2.05) is 30.3 Å². The molecule has 126 valence electrons. The van der Waals surface area contributed by atoms with Crippen molar-refractivity contribution < 1.29 is 4.79 Å². The average molecular weight is 323 g/mol. The maximum Gasteiger partial charge on any atom is 0.137 e. The molecule has 2 aromatic rings. The number of piperidine rings is 1. The summed E-state index contributed by atoms with van der Waals surface area (Å²) in [6.45, 7) is 2.64. The molecule has 0 bridgehead atoms. The summed E-state index contributed by atoms with van der Waals surface area (Å²) in [5, 5.41) is 0. The molecular formula is C20H25N3O. The van der Waals surface area contributed by atoms with Crippen LogP contribution in [0.4, 0.5) is 5.82 Å². The van der Waals surface area contributed by atoms with Crippen LogP contribution in [0.1, 0.15) is 30.4 Å². The maximum absolute atomic E-state index is 12.6. The lowest BCUT2D eigenvalue weighted by Gasteiger charge is -2.32. The van der Waals surface area contributed by atoms with Crippen molar-refractivity contribution in [3.8, 4) is 0 Å². The number of hydrogen-bond donors (Lipinski definition) is 1.